The number of hydrogen-bond donors (Lipinski definition) is 0. The fourth-order valence-electron chi connectivity index (χ4n) is 1.43. The Labute approximate surface area is 95.2 Å². The van der Waals surface area contributed by atoms with Crippen molar-refractivity contribution in [3.63, 3.8) is 0 Å². The second-order valence-corrected chi connectivity index (χ2v) is 3.66. The minimum atomic E-state index is -0.126. The van der Waals surface area contributed by atoms with E-state index in [1.165, 1.54) is 6.92 Å². The van der Waals surface area contributed by atoms with Gasteiger partial charge in [-0.2, -0.15) is 4.98 Å². The number of hydrogen-bond acceptors (Lipinski definition) is 5. The molecule has 0 fully saturated rings. The standard InChI is InChI=1S/C11H18N2O3/c1-4-6-9(15-5-2)11-12-10(16-13-11)7-8(3)14/h9H,4-7H2,1-3H3. The topological polar surface area (TPSA) is 65.2 Å². The molecular weight excluding hydrogens is 208 g/mol. The lowest BCUT2D eigenvalue weighted by molar-refractivity contribution is -0.116. The molecule has 0 spiro atoms. The van der Waals surface area contributed by atoms with Gasteiger partial charge in [0.25, 0.3) is 0 Å². The molecule has 5 nitrogen and oxygen atoms in total. The molecule has 0 aliphatic heterocycles. The van der Waals surface area contributed by atoms with Crippen LogP contribution in [-0.2, 0) is 16.0 Å². The van der Waals surface area contributed by atoms with Gasteiger partial charge in [-0.1, -0.05) is 18.5 Å². The van der Waals surface area contributed by atoms with E-state index in [0.29, 0.717) is 18.3 Å². The summed E-state index contributed by atoms with van der Waals surface area (Å²) in [7, 11) is 0. The quantitative estimate of drug-likeness (QED) is 0.712. The van der Waals surface area contributed by atoms with Crippen molar-refractivity contribution in [1.82, 2.24) is 10.1 Å². The third-order valence-corrected chi connectivity index (χ3v) is 2.09. The van der Waals surface area contributed by atoms with Crippen LogP contribution in [-0.4, -0.2) is 22.5 Å². The zero-order valence-electron chi connectivity index (χ0n) is 10.0. The van der Waals surface area contributed by atoms with Crippen LogP contribution in [0.1, 0.15) is 51.4 Å². The fraction of sp³-hybridized carbons (Fsp3) is 0.727. The second-order valence-electron chi connectivity index (χ2n) is 3.66. The van der Waals surface area contributed by atoms with Gasteiger partial charge in [0, 0.05) is 6.61 Å². The summed E-state index contributed by atoms with van der Waals surface area (Å²) < 4.78 is 10.5. The van der Waals surface area contributed by atoms with Gasteiger partial charge in [0.2, 0.25) is 11.7 Å². The first-order valence-corrected chi connectivity index (χ1v) is 5.60. The average Bonchev–Trinajstić information content (AvgIpc) is 2.65. The number of carbonyl (C=O) groups excluding carboxylic acids is 1. The third-order valence-electron chi connectivity index (χ3n) is 2.09. The molecule has 1 heterocycles. The lowest BCUT2D eigenvalue weighted by atomic mass is 10.2. The van der Waals surface area contributed by atoms with Gasteiger partial charge in [0.05, 0.1) is 6.42 Å². The molecule has 16 heavy (non-hydrogen) atoms. The Morgan fingerprint density at radius 2 is 2.25 bits per heavy atom. The van der Waals surface area contributed by atoms with Crippen LogP contribution in [0.4, 0.5) is 0 Å². The van der Waals surface area contributed by atoms with Crippen LogP contribution in [0.15, 0.2) is 4.52 Å². The molecule has 0 saturated heterocycles. The van der Waals surface area contributed by atoms with Gasteiger partial charge in [0.1, 0.15) is 11.9 Å². The smallest absolute Gasteiger partial charge is 0.234 e. The Morgan fingerprint density at radius 1 is 1.50 bits per heavy atom. The summed E-state index contributed by atoms with van der Waals surface area (Å²) in [6.45, 7) is 6.11. The minimum absolute atomic E-state index is 0.0126. The third kappa shape index (κ3) is 3.73. The van der Waals surface area contributed by atoms with Crippen LogP contribution in [0, 0.1) is 0 Å². The van der Waals surface area contributed by atoms with E-state index in [-0.39, 0.29) is 18.3 Å². The summed E-state index contributed by atoms with van der Waals surface area (Å²) in [5.74, 6) is 0.918. The number of rotatable bonds is 7. The molecule has 0 bridgehead atoms. The van der Waals surface area contributed by atoms with Crippen LogP contribution in [0.25, 0.3) is 0 Å². The number of nitrogens with zero attached hydrogens (tertiary/aromatic N) is 2. The van der Waals surface area contributed by atoms with Crippen molar-refractivity contribution >= 4 is 5.78 Å². The Balaban J connectivity index is 2.68. The molecule has 1 atom stereocenters. The van der Waals surface area contributed by atoms with Crippen molar-refractivity contribution in [1.29, 1.82) is 0 Å². The van der Waals surface area contributed by atoms with Crippen LogP contribution in [0.5, 0.6) is 0 Å². The molecule has 90 valence electrons. The number of carbonyl (C=O) groups is 1. The maximum Gasteiger partial charge on any atom is 0.234 e. The van der Waals surface area contributed by atoms with E-state index in [0.717, 1.165) is 12.8 Å². The molecule has 0 aliphatic carbocycles. The second kappa shape index (κ2) is 6.37. The van der Waals surface area contributed by atoms with Gasteiger partial charge in [-0.15, -0.1) is 0 Å². The summed E-state index contributed by atoms with van der Waals surface area (Å²) in [4.78, 5) is 15.0. The van der Waals surface area contributed by atoms with Gasteiger partial charge in [-0.25, -0.2) is 0 Å². The molecule has 0 aliphatic rings. The highest BCUT2D eigenvalue weighted by Gasteiger charge is 2.18. The van der Waals surface area contributed by atoms with Crippen LogP contribution >= 0.6 is 0 Å². The van der Waals surface area contributed by atoms with Crippen molar-refractivity contribution in [3.05, 3.63) is 11.7 Å². The summed E-state index contributed by atoms with van der Waals surface area (Å²) in [6, 6.07) is 0. The van der Waals surface area contributed by atoms with Crippen molar-refractivity contribution < 1.29 is 14.1 Å². The highest BCUT2D eigenvalue weighted by atomic mass is 16.5. The normalized spacial score (nSPS) is 12.7. The highest BCUT2D eigenvalue weighted by molar-refractivity contribution is 5.77. The molecule has 0 saturated carbocycles. The van der Waals surface area contributed by atoms with Gasteiger partial charge in [0.15, 0.2) is 0 Å². The molecule has 0 N–H and O–H groups in total. The van der Waals surface area contributed by atoms with E-state index < -0.39 is 0 Å². The average molecular weight is 226 g/mol. The molecule has 0 amide bonds. The zero-order valence-corrected chi connectivity index (χ0v) is 10.0. The Kier molecular flexibility index (Phi) is 5.11. The number of aromatic nitrogens is 2. The summed E-state index contributed by atoms with van der Waals surface area (Å²) in [5.41, 5.74) is 0. The maximum atomic E-state index is 10.9. The Morgan fingerprint density at radius 3 is 2.81 bits per heavy atom. The molecule has 5 heteroatoms. The lowest BCUT2D eigenvalue weighted by Gasteiger charge is -2.10. The fourth-order valence-corrected chi connectivity index (χ4v) is 1.43. The summed E-state index contributed by atoms with van der Waals surface area (Å²) in [6.07, 6.45) is 1.91. The van der Waals surface area contributed by atoms with Gasteiger partial charge in [-0.05, 0) is 20.3 Å². The highest BCUT2D eigenvalue weighted by Crippen LogP contribution is 2.19. The Hall–Kier alpha value is -1.23. The largest absolute Gasteiger partial charge is 0.370 e. The predicted molar refractivity (Wildman–Crippen MR) is 58.0 cm³/mol. The first-order chi connectivity index (χ1) is 7.67. The molecular formula is C11H18N2O3. The van der Waals surface area contributed by atoms with Gasteiger partial charge < -0.3 is 9.26 Å². The van der Waals surface area contributed by atoms with Crippen molar-refractivity contribution in [2.24, 2.45) is 0 Å². The van der Waals surface area contributed by atoms with E-state index in [9.17, 15) is 4.79 Å². The first-order valence-electron chi connectivity index (χ1n) is 5.60. The van der Waals surface area contributed by atoms with Crippen LogP contribution in [0.3, 0.4) is 0 Å². The van der Waals surface area contributed by atoms with Crippen molar-refractivity contribution in [2.45, 2.75) is 46.1 Å². The molecule has 1 rings (SSSR count). The van der Waals surface area contributed by atoms with E-state index in [1.54, 1.807) is 0 Å². The number of ether oxygens (including phenoxy) is 1. The van der Waals surface area contributed by atoms with E-state index >= 15 is 0 Å². The van der Waals surface area contributed by atoms with Gasteiger partial charge >= 0.3 is 0 Å². The van der Waals surface area contributed by atoms with Crippen LogP contribution < -0.4 is 0 Å². The van der Waals surface area contributed by atoms with Crippen LogP contribution in [0.2, 0.25) is 0 Å². The molecule has 1 unspecified atom stereocenters. The van der Waals surface area contributed by atoms with Crippen molar-refractivity contribution in [3.8, 4) is 0 Å². The maximum absolute atomic E-state index is 10.9. The molecule has 1 aromatic rings. The van der Waals surface area contributed by atoms with E-state index in [4.69, 9.17) is 9.26 Å². The SMILES string of the molecule is CCCC(OCC)c1noc(CC(C)=O)n1. The van der Waals surface area contributed by atoms with Gasteiger partial charge in [-0.3, -0.25) is 4.79 Å². The zero-order chi connectivity index (χ0) is 12.0. The Bertz CT molecular complexity index is 330. The summed E-state index contributed by atoms with van der Waals surface area (Å²) in [5, 5.41) is 3.84. The lowest BCUT2D eigenvalue weighted by Crippen LogP contribution is -2.06. The number of Topliss-reactive ketones (excluding diaryl/α,β-unsaturated/α-hetero) is 1. The summed E-state index contributed by atoms with van der Waals surface area (Å²) >= 11 is 0. The molecule has 0 aromatic carbocycles. The first kappa shape index (κ1) is 12.8. The number of ketones is 1. The molecule has 0 radical (unpaired) electrons. The van der Waals surface area contributed by atoms with Crippen molar-refractivity contribution in [2.75, 3.05) is 6.61 Å². The monoisotopic (exact) mass is 226 g/mol. The van der Waals surface area contributed by atoms with E-state index in [1.807, 2.05) is 6.92 Å². The minimum Gasteiger partial charge on any atom is -0.370 e. The molecule has 1 aromatic heterocycles. The van der Waals surface area contributed by atoms with E-state index in [2.05, 4.69) is 17.1 Å². The predicted octanol–water partition coefficient (Wildman–Crippen LogP) is 2.08.